The molecule has 80 valence electrons. The molecule has 1 aromatic heterocycles. The molecule has 1 heterocycles. The highest BCUT2D eigenvalue weighted by atomic mass is 16.5. The molecule has 5 heteroatoms. The second kappa shape index (κ2) is 4.39. The highest BCUT2D eigenvalue weighted by Gasteiger charge is 2.11. The van der Waals surface area contributed by atoms with Gasteiger partial charge in [0.05, 0.1) is 6.20 Å². The molecule has 0 spiro atoms. The zero-order valence-corrected chi connectivity index (χ0v) is 8.33. The van der Waals surface area contributed by atoms with Crippen LogP contribution in [0.2, 0.25) is 0 Å². The van der Waals surface area contributed by atoms with Gasteiger partial charge in [0.25, 0.3) is 11.8 Å². The van der Waals surface area contributed by atoms with E-state index >= 15 is 0 Å². The highest BCUT2D eigenvalue weighted by molar-refractivity contribution is 5.94. The average Bonchev–Trinajstić information content (AvgIpc) is 2.31. The Morgan fingerprint density at radius 2 is 1.94 bits per heavy atom. The Kier molecular flexibility index (Phi) is 2.77. The normalized spacial score (nSPS) is 9.75. The maximum absolute atomic E-state index is 11.1. The standard InChI is InChI=1S/C11H9N3O2/c12-10(15)9-6-7-13-14-11(9)16-8-4-2-1-3-5-8/h1-7H,(H2,12,15). The summed E-state index contributed by atoms with van der Waals surface area (Å²) in [6, 6.07) is 10.5. The van der Waals surface area contributed by atoms with Crippen LogP contribution in [0.4, 0.5) is 0 Å². The van der Waals surface area contributed by atoms with Crippen LogP contribution in [0.25, 0.3) is 0 Å². The highest BCUT2D eigenvalue weighted by Crippen LogP contribution is 2.21. The molecule has 1 amide bonds. The van der Waals surface area contributed by atoms with Crippen LogP contribution < -0.4 is 10.5 Å². The van der Waals surface area contributed by atoms with E-state index in [4.69, 9.17) is 10.5 Å². The minimum Gasteiger partial charge on any atom is -0.437 e. The Morgan fingerprint density at radius 3 is 2.62 bits per heavy atom. The Hall–Kier alpha value is -2.43. The third kappa shape index (κ3) is 2.14. The third-order valence-electron chi connectivity index (χ3n) is 1.91. The van der Waals surface area contributed by atoms with Gasteiger partial charge in [0.15, 0.2) is 0 Å². The van der Waals surface area contributed by atoms with Crippen molar-refractivity contribution in [2.75, 3.05) is 0 Å². The summed E-state index contributed by atoms with van der Waals surface area (Å²) in [6.45, 7) is 0. The molecular weight excluding hydrogens is 206 g/mol. The van der Waals surface area contributed by atoms with Gasteiger partial charge in [-0.1, -0.05) is 18.2 Å². The molecule has 0 fully saturated rings. The fraction of sp³-hybridized carbons (Fsp3) is 0. The van der Waals surface area contributed by atoms with Gasteiger partial charge in [-0.05, 0) is 18.2 Å². The minimum atomic E-state index is -0.596. The van der Waals surface area contributed by atoms with Crippen LogP contribution >= 0.6 is 0 Å². The quantitative estimate of drug-likeness (QED) is 0.838. The SMILES string of the molecule is NC(=O)c1ccnnc1Oc1ccccc1. The molecule has 0 bridgehead atoms. The average molecular weight is 215 g/mol. The molecule has 0 aliphatic rings. The molecule has 0 atom stereocenters. The van der Waals surface area contributed by atoms with Gasteiger partial charge in [-0.2, -0.15) is 5.10 Å². The maximum Gasteiger partial charge on any atom is 0.254 e. The number of hydrogen-bond acceptors (Lipinski definition) is 4. The molecule has 2 rings (SSSR count). The number of benzene rings is 1. The summed E-state index contributed by atoms with van der Waals surface area (Å²) in [7, 11) is 0. The third-order valence-corrected chi connectivity index (χ3v) is 1.91. The molecule has 0 unspecified atom stereocenters. The number of primary amides is 1. The summed E-state index contributed by atoms with van der Waals surface area (Å²) in [6.07, 6.45) is 1.39. The topological polar surface area (TPSA) is 78.1 Å². The summed E-state index contributed by atoms with van der Waals surface area (Å²) < 4.78 is 5.40. The van der Waals surface area contributed by atoms with Crippen molar-refractivity contribution in [2.45, 2.75) is 0 Å². The van der Waals surface area contributed by atoms with Gasteiger partial charge in [0.1, 0.15) is 11.3 Å². The van der Waals surface area contributed by atoms with Crippen molar-refractivity contribution >= 4 is 5.91 Å². The largest absolute Gasteiger partial charge is 0.437 e. The number of aromatic nitrogens is 2. The Bertz CT molecular complexity index is 500. The number of ether oxygens (including phenoxy) is 1. The van der Waals surface area contributed by atoms with Gasteiger partial charge >= 0.3 is 0 Å². The van der Waals surface area contributed by atoms with E-state index < -0.39 is 5.91 Å². The minimum absolute atomic E-state index is 0.112. The summed E-state index contributed by atoms with van der Waals surface area (Å²) in [5.74, 6) is 0.0903. The number of rotatable bonds is 3. The van der Waals surface area contributed by atoms with E-state index in [0.717, 1.165) is 0 Å². The molecule has 1 aromatic carbocycles. The molecule has 0 saturated carbocycles. The molecule has 0 aliphatic heterocycles. The molecule has 0 saturated heterocycles. The lowest BCUT2D eigenvalue weighted by Gasteiger charge is -2.05. The first-order valence-corrected chi connectivity index (χ1v) is 4.62. The molecular formula is C11H9N3O2. The van der Waals surface area contributed by atoms with Gasteiger partial charge in [-0.25, -0.2) is 0 Å². The van der Waals surface area contributed by atoms with Crippen molar-refractivity contribution in [1.29, 1.82) is 0 Å². The molecule has 0 radical (unpaired) electrons. The second-order valence-electron chi connectivity index (χ2n) is 3.03. The second-order valence-corrected chi connectivity index (χ2v) is 3.03. The number of carbonyl (C=O) groups is 1. The molecule has 2 N–H and O–H groups in total. The van der Waals surface area contributed by atoms with E-state index in [1.165, 1.54) is 12.3 Å². The number of hydrogen-bond donors (Lipinski definition) is 1. The van der Waals surface area contributed by atoms with Crippen LogP contribution in [0.1, 0.15) is 10.4 Å². The van der Waals surface area contributed by atoms with Crippen LogP contribution in [0, 0.1) is 0 Å². The van der Waals surface area contributed by atoms with Crippen molar-refractivity contribution in [1.82, 2.24) is 10.2 Å². The Labute approximate surface area is 91.9 Å². The van der Waals surface area contributed by atoms with E-state index in [-0.39, 0.29) is 11.4 Å². The van der Waals surface area contributed by atoms with Gasteiger partial charge in [-0.15, -0.1) is 5.10 Å². The molecule has 0 aliphatic carbocycles. The van der Waals surface area contributed by atoms with Crippen LogP contribution in [0.15, 0.2) is 42.6 Å². The van der Waals surface area contributed by atoms with Crippen LogP contribution in [-0.4, -0.2) is 16.1 Å². The van der Waals surface area contributed by atoms with Crippen molar-refractivity contribution in [3.63, 3.8) is 0 Å². The molecule has 2 aromatic rings. The summed E-state index contributed by atoms with van der Waals surface area (Å²) in [4.78, 5) is 11.1. The fourth-order valence-corrected chi connectivity index (χ4v) is 1.18. The Balaban J connectivity index is 2.31. The van der Waals surface area contributed by atoms with Crippen molar-refractivity contribution in [2.24, 2.45) is 5.73 Å². The first kappa shape index (κ1) is 10.1. The monoisotopic (exact) mass is 215 g/mol. The first-order valence-electron chi connectivity index (χ1n) is 4.62. The fourth-order valence-electron chi connectivity index (χ4n) is 1.18. The molecule has 16 heavy (non-hydrogen) atoms. The van der Waals surface area contributed by atoms with E-state index in [2.05, 4.69) is 10.2 Å². The number of carbonyl (C=O) groups excluding carboxylic acids is 1. The number of para-hydroxylation sites is 1. The molecule has 5 nitrogen and oxygen atoms in total. The van der Waals surface area contributed by atoms with Gasteiger partial charge < -0.3 is 10.5 Å². The lowest BCUT2D eigenvalue weighted by molar-refractivity contribution is 0.0997. The summed E-state index contributed by atoms with van der Waals surface area (Å²) in [5.41, 5.74) is 5.39. The van der Waals surface area contributed by atoms with Crippen molar-refractivity contribution in [3.05, 3.63) is 48.2 Å². The van der Waals surface area contributed by atoms with E-state index in [1.54, 1.807) is 12.1 Å². The smallest absolute Gasteiger partial charge is 0.254 e. The zero-order chi connectivity index (χ0) is 11.4. The predicted octanol–water partition coefficient (Wildman–Crippen LogP) is 1.37. The lowest BCUT2D eigenvalue weighted by Crippen LogP contribution is -2.13. The van der Waals surface area contributed by atoms with Crippen LogP contribution in [-0.2, 0) is 0 Å². The van der Waals surface area contributed by atoms with Crippen LogP contribution in [0.5, 0.6) is 11.6 Å². The van der Waals surface area contributed by atoms with Gasteiger partial charge in [0, 0.05) is 0 Å². The van der Waals surface area contributed by atoms with E-state index in [1.807, 2.05) is 18.2 Å². The first-order chi connectivity index (χ1) is 7.77. The van der Waals surface area contributed by atoms with Crippen molar-refractivity contribution in [3.8, 4) is 11.6 Å². The Morgan fingerprint density at radius 1 is 1.19 bits per heavy atom. The van der Waals surface area contributed by atoms with E-state index in [0.29, 0.717) is 5.75 Å². The lowest BCUT2D eigenvalue weighted by atomic mass is 10.3. The predicted molar refractivity (Wildman–Crippen MR) is 57.1 cm³/mol. The maximum atomic E-state index is 11.1. The van der Waals surface area contributed by atoms with Crippen molar-refractivity contribution < 1.29 is 9.53 Å². The number of amides is 1. The summed E-state index contributed by atoms with van der Waals surface area (Å²) >= 11 is 0. The van der Waals surface area contributed by atoms with E-state index in [9.17, 15) is 4.79 Å². The van der Waals surface area contributed by atoms with Gasteiger partial charge in [0.2, 0.25) is 0 Å². The summed E-state index contributed by atoms with van der Waals surface area (Å²) in [5, 5.41) is 7.36. The number of nitrogens with zero attached hydrogens (tertiary/aromatic N) is 2. The zero-order valence-electron chi connectivity index (χ0n) is 8.33. The van der Waals surface area contributed by atoms with Gasteiger partial charge in [-0.3, -0.25) is 4.79 Å². The number of nitrogens with two attached hydrogens (primary N) is 1. The van der Waals surface area contributed by atoms with Crippen LogP contribution in [0.3, 0.4) is 0 Å².